The van der Waals surface area contributed by atoms with Gasteiger partial charge in [0.1, 0.15) is 17.1 Å². The van der Waals surface area contributed by atoms with Crippen LogP contribution in [-0.2, 0) is 4.79 Å². The fourth-order valence-electron chi connectivity index (χ4n) is 2.81. The number of aryl methyl sites for hydroxylation is 3. The molecule has 1 aromatic carbocycles. The highest BCUT2D eigenvalue weighted by molar-refractivity contribution is 5.98. The van der Waals surface area contributed by atoms with E-state index in [9.17, 15) is 4.79 Å². The van der Waals surface area contributed by atoms with Crippen LogP contribution in [0.25, 0.3) is 16.5 Å². The zero-order valence-corrected chi connectivity index (χ0v) is 15.5. The summed E-state index contributed by atoms with van der Waals surface area (Å²) in [7, 11) is 0. The number of carbonyl (C=O) groups excluding carboxylic acids is 1. The highest BCUT2D eigenvalue weighted by Crippen LogP contribution is 2.38. The molecule has 1 amide bonds. The average Bonchev–Trinajstić information content (AvgIpc) is 2.83. The Morgan fingerprint density at radius 2 is 1.96 bits per heavy atom. The van der Waals surface area contributed by atoms with Crippen molar-refractivity contribution in [2.75, 3.05) is 13.2 Å². The summed E-state index contributed by atoms with van der Waals surface area (Å²) in [5.41, 5.74) is 4.79. The van der Waals surface area contributed by atoms with Gasteiger partial charge in [0.15, 0.2) is 0 Å². The Morgan fingerprint density at radius 1 is 1.25 bits per heavy atom. The lowest BCUT2D eigenvalue weighted by Crippen LogP contribution is -2.21. The summed E-state index contributed by atoms with van der Waals surface area (Å²) in [6.45, 7) is 13.2. The number of furan rings is 1. The molecule has 4 heteroatoms. The van der Waals surface area contributed by atoms with Gasteiger partial charge in [-0.1, -0.05) is 6.92 Å². The zero-order valence-electron chi connectivity index (χ0n) is 15.5. The molecule has 2 aromatic rings. The normalized spacial score (nSPS) is 11.8. The fraction of sp³-hybridized carbons (Fsp3) is 0.450. The molecule has 0 aliphatic carbocycles. The number of amides is 1. The average molecular weight is 329 g/mol. The first kappa shape index (κ1) is 18.1. The van der Waals surface area contributed by atoms with Crippen molar-refractivity contribution >= 4 is 22.4 Å². The van der Waals surface area contributed by atoms with Gasteiger partial charge in [-0.15, -0.1) is 0 Å². The number of hydrogen-bond acceptors (Lipinski definition) is 3. The van der Waals surface area contributed by atoms with Crippen LogP contribution in [0, 0.1) is 20.8 Å². The number of benzene rings is 1. The maximum absolute atomic E-state index is 12.0. The summed E-state index contributed by atoms with van der Waals surface area (Å²) in [4.78, 5) is 12.0. The maximum Gasteiger partial charge on any atom is 0.244 e. The number of fused-ring (bicyclic) bond motifs is 1. The van der Waals surface area contributed by atoms with Crippen LogP contribution >= 0.6 is 0 Å². The van der Waals surface area contributed by atoms with Crippen molar-refractivity contribution in [2.45, 2.75) is 48.0 Å². The van der Waals surface area contributed by atoms with Crippen molar-refractivity contribution in [1.29, 1.82) is 0 Å². The molecule has 0 spiro atoms. The molecule has 0 unspecified atom stereocenters. The molecule has 130 valence electrons. The zero-order chi connectivity index (χ0) is 17.9. The molecule has 0 aliphatic rings. The molecule has 0 saturated heterocycles. The van der Waals surface area contributed by atoms with E-state index < -0.39 is 0 Å². The van der Waals surface area contributed by atoms with Gasteiger partial charge in [-0.2, -0.15) is 0 Å². The molecule has 24 heavy (non-hydrogen) atoms. The summed E-state index contributed by atoms with van der Waals surface area (Å²) in [6, 6.07) is 2.07. The Hall–Kier alpha value is -2.23. The van der Waals surface area contributed by atoms with Crippen molar-refractivity contribution < 1.29 is 13.9 Å². The Bertz CT molecular complexity index is 784. The Labute approximate surface area is 143 Å². The largest absolute Gasteiger partial charge is 0.493 e. The Morgan fingerprint density at radius 3 is 2.58 bits per heavy atom. The van der Waals surface area contributed by atoms with Crippen molar-refractivity contribution in [1.82, 2.24) is 5.32 Å². The Balaban J connectivity index is 2.58. The second-order valence-electron chi connectivity index (χ2n) is 6.09. The molecule has 0 saturated carbocycles. The van der Waals surface area contributed by atoms with Gasteiger partial charge in [0, 0.05) is 29.1 Å². The van der Waals surface area contributed by atoms with Gasteiger partial charge in [-0.3, -0.25) is 4.79 Å². The topological polar surface area (TPSA) is 51.5 Å². The van der Waals surface area contributed by atoms with Crippen molar-refractivity contribution in [3.63, 3.8) is 0 Å². The molecular weight excluding hydrogens is 302 g/mol. The van der Waals surface area contributed by atoms with Gasteiger partial charge in [0.05, 0.1) is 6.61 Å². The summed E-state index contributed by atoms with van der Waals surface area (Å²) in [5.74, 6) is 1.63. The van der Waals surface area contributed by atoms with Gasteiger partial charge in [0.25, 0.3) is 0 Å². The van der Waals surface area contributed by atoms with Crippen molar-refractivity contribution in [3.8, 4) is 5.75 Å². The van der Waals surface area contributed by atoms with E-state index in [1.807, 2.05) is 34.6 Å². The second-order valence-corrected chi connectivity index (χ2v) is 6.09. The first-order valence-electron chi connectivity index (χ1n) is 8.53. The van der Waals surface area contributed by atoms with E-state index >= 15 is 0 Å². The van der Waals surface area contributed by atoms with Gasteiger partial charge in [-0.05, 0) is 58.2 Å². The third-order valence-corrected chi connectivity index (χ3v) is 4.26. The molecule has 1 aromatic heterocycles. The minimum absolute atomic E-state index is 0.0744. The molecule has 0 radical (unpaired) electrons. The summed E-state index contributed by atoms with van der Waals surface area (Å²) in [5, 5.41) is 3.95. The minimum Gasteiger partial charge on any atom is -0.493 e. The highest BCUT2D eigenvalue weighted by Gasteiger charge is 2.18. The van der Waals surface area contributed by atoms with Gasteiger partial charge in [0.2, 0.25) is 5.91 Å². The van der Waals surface area contributed by atoms with Crippen molar-refractivity contribution in [3.05, 3.63) is 34.6 Å². The summed E-state index contributed by atoms with van der Waals surface area (Å²) >= 11 is 0. The van der Waals surface area contributed by atoms with Crippen LogP contribution in [0.4, 0.5) is 0 Å². The smallest absolute Gasteiger partial charge is 0.244 e. The Kier molecular flexibility index (Phi) is 5.71. The number of rotatable bonds is 6. The molecule has 2 rings (SSSR count). The lowest BCUT2D eigenvalue weighted by Gasteiger charge is -2.14. The lowest BCUT2D eigenvalue weighted by atomic mass is 9.98. The number of carbonyl (C=O) groups is 1. The number of allylic oxidation sites excluding steroid dienone is 1. The predicted octanol–water partition coefficient (Wildman–Crippen LogP) is 4.69. The van der Waals surface area contributed by atoms with Crippen molar-refractivity contribution in [2.24, 2.45) is 0 Å². The molecule has 0 fully saturated rings. The van der Waals surface area contributed by atoms with Crippen LogP contribution in [0.15, 0.2) is 16.6 Å². The van der Waals surface area contributed by atoms with E-state index in [0.717, 1.165) is 51.2 Å². The van der Waals surface area contributed by atoms with E-state index in [1.54, 1.807) is 6.08 Å². The lowest BCUT2D eigenvalue weighted by molar-refractivity contribution is -0.116. The third kappa shape index (κ3) is 3.48. The SMILES string of the molecule is CCCNC(=O)/C=C(\C)c1cc2c(C)c(C)oc2c(C)c1OCC. The quantitative estimate of drug-likeness (QED) is 0.782. The second kappa shape index (κ2) is 7.56. The fourth-order valence-corrected chi connectivity index (χ4v) is 2.81. The van der Waals surface area contributed by atoms with Crippen LogP contribution in [0.1, 0.15) is 49.6 Å². The molecular formula is C20H27NO3. The monoisotopic (exact) mass is 329 g/mol. The minimum atomic E-state index is -0.0744. The first-order valence-corrected chi connectivity index (χ1v) is 8.53. The summed E-state index contributed by atoms with van der Waals surface area (Å²) < 4.78 is 11.8. The molecule has 0 atom stereocenters. The van der Waals surface area contributed by atoms with E-state index in [0.29, 0.717) is 13.2 Å². The molecule has 4 nitrogen and oxygen atoms in total. The van der Waals surface area contributed by atoms with Gasteiger partial charge < -0.3 is 14.5 Å². The first-order chi connectivity index (χ1) is 11.4. The van der Waals surface area contributed by atoms with Crippen LogP contribution in [-0.4, -0.2) is 19.1 Å². The maximum atomic E-state index is 12.0. The van der Waals surface area contributed by atoms with Gasteiger partial charge in [-0.25, -0.2) is 0 Å². The van der Waals surface area contributed by atoms with Crippen LogP contribution in [0.5, 0.6) is 5.75 Å². The highest BCUT2D eigenvalue weighted by atomic mass is 16.5. The van der Waals surface area contributed by atoms with E-state index in [1.165, 1.54) is 0 Å². The molecule has 0 aliphatic heterocycles. The van der Waals surface area contributed by atoms with E-state index in [2.05, 4.69) is 18.3 Å². The molecule has 0 bridgehead atoms. The molecule has 1 heterocycles. The van der Waals surface area contributed by atoms with E-state index in [4.69, 9.17) is 9.15 Å². The van der Waals surface area contributed by atoms with Crippen LogP contribution in [0.3, 0.4) is 0 Å². The number of ether oxygens (including phenoxy) is 1. The molecule has 1 N–H and O–H groups in total. The predicted molar refractivity (Wildman–Crippen MR) is 98.5 cm³/mol. The number of nitrogens with one attached hydrogen (secondary N) is 1. The van der Waals surface area contributed by atoms with E-state index in [-0.39, 0.29) is 5.91 Å². The van der Waals surface area contributed by atoms with Crippen LogP contribution < -0.4 is 10.1 Å². The van der Waals surface area contributed by atoms with Crippen LogP contribution in [0.2, 0.25) is 0 Å². The van der Waals surface area contributed by atoms with Gasteiger partial charge >= 0.3 is 0 Å². The number of hydrogen-bond donors (Lipinski definition) is 1. The third-order valence-electron chi connectivity index (χ3n) is 4.26. The summed E-state index contributed by atoms with van der Waals surface area (Å²) in [6.07, 6.45) is 2.56. The standard InChI is InChI=1S/C20H27NO3/c1-7-9-21-18(22)10-12(3)16-11-17-13(4)15(6)24-20(17)14(5)19(16)23-8-2/h10-11H,7-9H2,1-6H3,(H,21,22)/b12-10+.